The van der Waals surface area contributed by atoms with Crippen molar-refractivity contribution >= 4 is 17.6 Å². The van der Waals surface area contributed by atoms with Crippen LogP contribution in [0.25, 0.3) is 11.4 Å². The molecule has 20 heavy (non-hydrogen) atoms. The van der Waals surface area contributed by atoms with Gasteiger partial charge in [0.05, 0.1) is 6.61 Å². The molecule has 8 nitrogen and oxygen atoms in total. The van der Waals surface area contributed by atoms with Crippen LogP contribution >= 0.6 is 11.6 Å². The number of hydrogen-bond donors (Lipinski definition) is 1. The molecule has 0 radical (unpaired) electrons. The second-order valence-corrected chi connectivity index (χ2v) is 3.96. The Balaban J connectivity index is 2.09. The third-order valence-electron chi connectivity index (χ3n) is 2.18. The number of carbonyl (C=O) groups excluding carboxylic acids is 1. The lowest BCUT2D eigenvalue weighted by atomic mass is 10.3. The highest BCUT2D eigenvalue weighted by Gasteiger charge is 2.14. The van der Waals surface area contributed by atoms with Crippen LogP contribution in [0.1, 0.15) is 6.92 Å². The van der Waals surface area contributed by atoms with Crippen molar-refractivity contribution in [3.8, 4) is 17.4 Å². The number of carbonyl (C=O) groups is 1. The van der Waals surface area contributed by atoms with Gasteiger partial charge in [0.2, 0.25) is 5.82 Å². The number of halogens is 1. The van der Waals surface area contributed by atoms with Crippen LogP contribution in [0.2, 0.25) is 5.15 Å². The van der Waals surface area contributed by atoms with E-state index in [0.29, 0.717) is 15.6 Å². The Morgan fingerprint density at radius 3 is 2.95 bits per heavy atom. The van der Waals surface area contributed by atoms with Gasteiger partial charge in [0.1, 0.15) is 5.15 Å². The quantitative estimate of drug-likeness (QED) is 0.502. The van der Waals surface area contributed by atoms with Crippen LogP contribution in [-0.2, 0) is 9.53 Å². The van der Waals surface area contributed by atoms with Gasteiger partial charge in [0, 0.05) is 11.8 Å². The molecule has 0 atom stereocenters. The Kier molecular flexibility index (Phi) is 4.36. The zero-order valence-electron chi connectivity index (χ0n) is 10.5. The van der Waals surface area contributed by atoms with E-state index in [1.54, 1.807) is 19.1 Å². The number of hydrogen-bond acceptors (Lipinski definition) is 7. The number of rotatable bonds is 5. The summed E-state index contributed by atoms with van der Waals surface area (Å²) in [5, 5.41) is 13.5. The molecule has 0 aliphatic rings. The average Bonchev–Trinajstić information content (AvgIpc) is 2.79. The summed E-state index contributed by atoms with van der Waals surface area (Å²) in [5.41, 5.74) is 0.496. The normalized spacial score (nSPS) is 10.3. The summed E-state index contributed by atoms with van der Waals surface area (Å²) in [4.78, 5) is 19.4. The van der Waals surface area contributed by atoms with Gasteiger partial charge in [-0.25, -0.2) is 9.78 Å². The second kappa shape index (κ2) is 6.20. The molecule has 2 rings (SSSR count). The van der Waals surface area contributed by atoms with Crippen LogP contribution in [0.4, 0.5) is 0 Å². The zero-order chi connectivity index (χ0) is 14.5. The first kappa shape index (κ1) is 14.1. The summed E-state index contributed by atoms with van der Waals surface area (Å²) in [5.74, 6) is -0.426. The molecule has 0 saturated carbocycles. The van der Waals surface area contributed by atoms with E-state index in [-0.39, 0.29) is 25.0 Å². The van der Waals surface area contributed by atoms with Crippen molar-refractivity contribution < 1.29 is 19.5 Å². The minimum absolute atomic E-state index is 0.119. The fourth-order valence-corrected chi connectivity index (χ4v) is 1.47. The molecule has 0 aliphatic carbocycles. The molecule has 0 fully saturated rings. The number of pyridine rings is 1. The Hall–Kier alpha value is -2.35. The largest absolute Gasteiger partial charge is 0.463 e. The predicted molar refractivity (Wildman–Crippen MR) is 67.6 cm³/mol. The van der Waals surface area contributed by atoms with Crippen LogP contribution < -0.4 is 4.74 Å². The first-order chi connectivity index (χ1) is 9.60. The molecular weight excluding hydrogens is 288 g/mol. The summed E-state index contributed by atoms with van der Waals surface area (Å²) in [6.45, 7) is 1.60. The maximum Gasteiger partial charge on any atom is 0.344 e. The lowest BCUT2D eigenvalue weighted by molar-refractivity contribution is -0.145. The standard InChI is InChI=1S/C11H11ClN4O4/c1-2-19-9(17)6-20-11-14-10(16(18)15-11)7-3-4-8(12)13-5-7/h3-5,18H,2,6H2,1H3. The fraction of sp³-hybridized carbons (Fsp3) is 0.273. The minimum atomic E-state index is -0.545. The van der Waals surface area contributed by atoms with E-state index in [2.05, 4.69) is 19.8 Å². The number of esters is 1. The molecule has 0 unspecified atom stereocenters. The van der Waals surface area contributed by atoms with E-state index in [1.807, 2.05) is 0 Å². The van der Waals surface area contributed by atoms with Gasteiger partial charge in [0.25, 0.3) is 0 Å². The van der Waals surface area contributed by atoms with Gasteiger partial charge in [-0.05, 0) is 19.1 Å². The predicted octanol–water partition coefficient (Wildman–Crippen LogP) is 1.17. The van der Waals surface area contributed by atoms with Crippen LogP contribution in [0.3, 0.4) is 0 Å². The maximum atomic E-state index is 11.1. The summed E-state index contributed by atoms with van der Waals surface area (Å²) in [6, 6.07) is 3.01. The average molecular weight is 299 g/mol. The second-order valence-electron chi connectivity index (χ2n) is 3.57. The highest BCUT2D eigenvalue weighted by Crippen LogP contribution is 2.19. The molecule has 0 spiro atoms. The molecule has 0 amide bonds. The van der Waals surface area contributed by atoms with Crippen molar-refractivity contribution in [1.29, 1.82) is 0 Å². The summed E-state index contributed by atoms with van der Waals surface area (Å²) in [6.07, 6.45) is 1.42. The Bertz CT molecular complexity index is 599. The molecule has 9 heteroatoms. The minimum Gasteiger partial charge on any atom is -0.463 e. The smallest absolute Gasteiger partial charge is 0.344 e. The Labute approximate surface area is 118 Å². The van der Waals surface area contributed by atoms with Crippen molar-refractivity contribution in [3.05, 3.63) is 23.5 Å². The Morgan fingerprint density at radius 1 is 1.50 bits per heavy atom. The molecule has 106 valence electrons. The van der Waals surface area contributed by atoms with E-state index >= 15 is 0 Å². The van der Waals surface area contributed by atoms with Gasteiger partial charge in [-0.2, -0.15) is 4.98 Å². The molecule has 0 aromatic carbocycles. The SMILES string of the molecule is CCOC(=O)COc1nc(-c2ccc(Cl)nc2)n(O)n1. The molecule has 0 bridgehead atoms. The van der Waals surface area contributed by atoms with E-state index < -0.39 is 5.97 Å². The van der Waals surface area contributed by atoms with Gasteiger partial charge in [0.15, 0.2) is 6.61 Å². The number of aromatic nitrogens is 4. The van der Waals surface area contributed by atoms with Crippen LogP contribution in [0.5, 0.6) is 6.01 Å². The lowest BCUT2D eigenvalue weighted by Gasteiger charge is -2.00. The number of nitrogens with zero attached hydrogens (tertiary/aromatic N) is 4. The summed E-state index contributed by atoms with van der Waals surface area (Å²) in [7, 11) is 0. The molecule has 2 aromatic heterocycles. The van der Waals surface area contributed by atoms with E-state index in [0.717, 1.165) is 0 Å². The molecule has 2 heterocycles. The molecule has 0 aliphatic heterocycles. The van der Waals surface area contributed by atoms with Gasteiger partial charge >= 0.3 is 12.0 Å². The number of ether oxygens (including phenoxy) is 2. The molecule has 2 aromatic rings. The molecule has 1 N–H and O–H groups in total. The van der Waals surface area contributed by atoms with E-state index in [1.165, 1.54) is 6.20 Å². The zero-order valence-corrected chi connectivity index (χ0v) is 11.2. The molecular formula is C11H11ClN4O4. The van der Waals surface area contributed by atoms with Gasteiger partial charge in [-0.1, -0.05) is 21.5 Å². The van der Waals surface area contributed by atoms with Crippen molar-refractivity contribution in [2.75, 3.05) is 13.2 Å². The van der Waals surface area contributed by atoms with Crippen molar-refractivity contribution in [2.24, 2.45) is 0 Å². The topological polar surface area (TPSA) is 99.4 Å². The highest BCUT2D eigenvalue weighted by atomic mass is 35.5. The van der Waals surface area contributed by atoms with Crippen LogP contribution in [0.15, 0.2) is 18.3 Å². The van der Waals surface area contributed by atoms with Crippen LogP contribution in [0, 0.1) is 0 Å². The third kappa shape index (κ3) is 3.35. The Morgan fingerprint density at radius 2 is 2.30 bits per heavy atom. The van der Waals surface area contributed by atoms with Crippen molar-refractivity contribution in [3.63, 3.8) is 0 Å². The maximum absolute atomic E-state index is 11.1. The summed E-state index contributed by atoms with van der Waals surface area (Å²) < 4.78 is 9.69. The third-order valence-corrected chi connectivity index (χ3v) is 2.40. The molecule has 0 saturated heterocycles. The first-order valence-electron chi connectivity index (χ1n) is 5.66. The highest BCUT2D eigenvalue weighted by molar-refractivity contribution is 6.29. The lowest BCUT2D eigenvalue weighted by Crippen LogP contribution is -2.15. The summed E-state index contributed by atoms with van der Waals surface area (Å²) >= 11 is 5.67. The first-order valence-corrected chi connectivity index (χ1v) is 6.04. The van der Waals surface area contributed by atoms with Crippen LogP contribution in [-0.4, -0.2) is 44.3 Å². The fourth-order valence-electron chi connectivity index (χ4n) is 1.36. The van der Waals surface area contributed by atoms with E-state index in [9.17, 15) is 10.0 Å². The van der Waals surface area contributed by atoms with Crippen molar-refractivity contribution in [1.82, 2.24) is 19.9 Å². The van der Waals surface area contributed by atoms with Crippen molar-refractivity contribution in [2.45, 2.75) is 6.92 Å². The van der Waals surface area contributed by atoms with Gasteiger partial charge in [-0.3, -0.25) is 0 Å². The van der Waals surface area contributed by atoms with Gasteiger partial charge < -0.3 is 14.7 Å². The van der Waals surface area contributed by atoms with Gasteiger partial charge in [-0.15, -0.1) is 0 Å². The van der Waals surface area contributed by atoms with E-state index in [4.69, 9.17) is 16.3 Å². The monoisotopic (exact) mass is 298 g/mol.